The van der Waals surface area contributed by atoms with Gasteiger partial charge >= 0.3 is 5.97 Å². The van der Waals surface area contributed by atoms with Gasteiger partial charge in [0.2, 0.25) is 5.91 Å². The molecule has 0 aliphatic heterocycles. The molecule has 0 radical (unpaired) electrons. The Kier molecular flexibility index (Phi) is 5.94. The lowest BCUT2D eigenvalue weighted by atomic mass is 9.86. The first-order valence-electron chi connectivity index (χ1n) is 7.40. The van der Waals surface area contributed by atoms with Crippen LogP contribution in [0.3, 0.4) is 0 Å². The summed E-state index contributed by atoms with van der Waals surface area (Å²) in [6.07, 6.45) is 2.84. The van der Waals surface area contributed by atoms with Crippen LogP contribution >= 0.6 is 11.3 Å². The summed E-state index contributed by atoms with van der Waals surface area (Å²) >= 11 is 1.36. The molecule has 3 N–H and O–H groups in total. The number of hydrogen-bond donors (Lipinski definition) is 3. The summed E-state index contributed by atoms with van der Waals surface area (Å²) in [7, 11) is 0. The van der Waals surface area contributed by atoms with Crippen LogP contribution in [0, 0.1) is 5.92 Å². The minimum Gasteiger partial charge on any atom is -0.481 e. The van der Waals surface area contributed by atoms with Gasteiger partial charge in [-0.15, -0.1) is 11.3 Å². The van der Waals surface area contributed by atoms with E-state index in [1.54, 1.807) is 12.1 Å². The molecule has 2 amide bonds. The van der Waals surface area contributed by atoms with E-state index in [1.807, 2.05) is 5.38 Å². The highest BCUT2D eigenvalue weighted by Gasteiger charge is 2.26. The van der Waals surface area contributed by atoms with Gasteiger partial charge in [-0.05, 0) is 37.1 Å². The van der Waals surface area contributed by atoms with Crippen molar-refractivity contribution < 1.29 is 19.5 Å². The molecule has 22 heavy (non-hydrogen) atoms. The minimum atomic E-state index is -0.749. The van der Waals surface area contributed by atoms with Crippen LogP contribution < -0.4 is 10.6 Å². The van der Waals surface area contributed by atoms with E-state index < -0.39 is 5.97 Å². The molecule has 1 heterocycles. The van der Waals surface area contributed by atoms with Crippen LogP contribution in [0.25, 0.3) is 0 Å². The van der Waals surface area contributed by atoms with Gasteiger partial charge in [-0.2, -0.15) is 0 Å². The van der Waals surface area contributed by atoms with E-state index >= 15 is 0 Å². The largest absolute Gasteiger partial charge is 0.481 e. The number of nitrogens with one attached hydrogen (secondary N) is 2. The Morgan fingerprint density at radius 1 is 1.23 bits per heavy atom. The second-order valence-corrected chi connectivity index (χ2v) is 6.39. The normalized spacial score (nSPS) is 21.1. The molecule has 2 rings (SSSR count). The Balaban J connectivity index is 1.62. The molecule has 0 bridgehead atoms. The van der Waals surface area contributed by atoms with E-state index in [0.29, 0.717) is 37.1 Å². The number of amides is 2. The maximum atomic E-state index is 11.8. The fraction of sp³-hybridized carbons (Fsp3) is 0.533. The number of carboxylic acids is 1. The van der Waals surface area contributed by atoms with Crippen LogP contribution in [0.5, 0.6) is 0 Å². The zero-order valence-electron chi connectivity index (χ0n) is 12.2. The summed E-state index contributed by atoms with van der Waals surface area (Å²) in [6, 6.07) is 3.59. The van der Waals surface area contributed by atoms with E-state index in [1.165, 1.54) is 11.3 Å². The van der Waals surface area contributed by atoms with Crippen molar-refractivity contribution in [3.8, 4) is 0 Å². The molecular formula is C15H20N2O4S. The average molecular weight is 324 g/mol. The summed E-state index contributed by atoms with van der Waals surface area (Å²) in [4.78, 5) is 35.0. The van der Waals surface area contributed by atoms with Crippen LogP contribution in [0.1, 0.15) is 41.8 Å². The zero-order valence-corrected chi connectivity index (χ0v) is 13.0. The SMILES string of the molecule is O=C(CCNC(=O)c1cccs1)NC1CCC(C(=O)O)CC1. The number of aliphatic carboxylic acids is 1. The van der Waals surface area contributed by atoms with Crippen molar-refractivity contribution in [3.05, 3.63) is 22.4 Å². The highest BCUT2D eigenvalue weighted by Crippen LogP contribution is 2.24. The fourth-order valence-corrected chi connectivity index (χ4v) is 3.21. The summed E-state index contributed by atoms with van der Waals surface area (Å²) in [5.74, 6) is -1.30. The molecule has 7 heteroatoms. The second kappa shape index (κ2) is 7.93. The minimum absolute atomic E-state index is 0.0519. The second-order valence-electron chi connectivity index (χ2n) is 5.44. The lowest BCUT2D eigenvalue weighted by Gasteiger charge is -2.26. The predicted molar refractivity (Wildman–Crippen MR) is 82.8 cm³/mol. The molecule has 120 valence electrons. The third-order valence-electron chi connectivity index (χ3n) is 3.82. The van der Waals surface area contributed by atoms with Gasteiger partial charge in [-0.3, -0.25) is 14.4 Å². The van der Waals surface area contributed by atoms with E-state index in [9.17, 15) is 14.4 Å². The van der Waals surface area contributed by atoms with Gasteiger partial charge in [0.15, 0.2) is 0 Å². The van der Waals surface area contributed by atoms with Crippen molar-refractivity contribution in [3.63, 3.8) is 0 Å². The first-order chi connectivity index (χ1) is 10.6. The van der Waals surface area contributed by atoms with Gasteiger partial charge in [-0.1, -0.05) is 6.07 Å². The van der Waals surface area contributed by atoms with Crippen molar-refractivity contribution in [2.75, 3.05) is 6.54 Å². The smallest absolute Gasteiger partial charge is 0.306 e. The van der Waals surface area contributed by atoms with Gasteiger partial charge in [0, 0.05) is 19.0 Å². The van der Waals surface area contributed by atoms with Gasteiger partial charge in [0.25, 0.3) is 5.91 Å². The molecule has 1 fully saturated rings. The molecule has 1 aromatic rings. The third-order valence-corrected chi connectivity index (χ3v) is 4.69. The highest BCUT2D eigenvalue weighted by atomic mass is 32.1. The number of carbonyl (C=O) groups is 3. The van der Waals surface area contributed by atoms with E-state index in [0.717, 1.165) is 0 Å². The summed E-state index contributed by atoms with van der Waals surface area (Å²) in [5.41, 5.74) is 0. The first kappa shape index (κ1) is 16.5. The number of carboxylic acid groups (broad SMARTS) is 1. The van der Waals surface area contributed by atoms with Crippen LogP contribution in [0.4, 0.5) is 0 Å². The monoisotopic (exact) mass is 324 g/mol. The Labute approximate surface area is 132 Å². The fourth-order valence-electron chi connectivity index (χ4n) is 2.57. The molecule has 0 unspecified atom stereocenters. The first-order valence-corrected chi connectivity index (χ1v) is 8.28. The van der Waals surface area contributed by atoms with Crippen LogP contribution in [-0.4, -0.2) is 35.5 Å². The third kappa shape index (κ3) is 4.84. The zero-order chi connectivity index (χ0) is 15.9. The van der Waals surface area contributed by atoms with Crippen molar-refractivity contribution >= 4 is 29.1 Å². The van der Waals surface area contributed by atoms with Crippen LogP contribution in [0.2, 0.25) is 0 Å². The Bertz CT molecular complexity index is 522. The summed E-state index contributed by atoms with van der Waals surface area (Å²) in [5, 5.41) is 16.4. The number of hydrogen-bond acceptors (Lipinski definition) is 4. The van der Waals surface area contributed by atoms with E-state index in [4.69, 9.17) is 5.11 Å². The van der Waals surface area contributed by atoms with Crippen molar-refractivity contribution in [2.45, 2.75) is 38.1 Å². The maximum Gasteiger partial charge on any atom is 0.306 e. The predicted octanol–water partition coefficient (Wildman–Crippen LogP) is 1.63. The van der Waals surface area contributed by atoms with Crippen molar-refractivity contribution in [1.82, 2.24) is 10.6 Å². The molecule has 0 spiro atoms. The number of thiophene rings is 1. The maximum absolute atomic E-state index is 11.8. The quantitative estimate of drug-likeness (QED) is 0.741. The molecule has 1 aromatic heterocycles. The van der Waals surface area contributed by atoms with Crippen LogP contribution in [0.15, 0.2) is 17.5 Å². The molecule has 6 nitrogen and oxygen atoms in total. The number of carbonyl (C=O) groups excluding carboxylic acids is 2. The van der Waals surface area contributed by atoms with Gasteiger partial charge in [0.05, 0.1) is 10.8 Å². The lowest BCUT2D eigenvalue weighted by molar-refractivity contribution is -0.142. The van der Waals surface area contributed by atoms with Gasteiger partial charge in [0.1, 0.15) is 0 Å². The summed E-state index contributed by atoms with van der Waals surface area (Å²) in [6.45, 7) is 0.299. The molecule has 1 saturated carbocycles. The Morgan fingerprint density at radius 3 is 2.55 bits per heavy atom. The van der Waals surface area contributed by atoms with Gasteiger partial charge in [-0.25, -0.2) is 0 Å². The van der Waals surface area contributed by atoms with Gasteiger partial charge < -0.3 is 15.7 Å². The van der Waals surface area contributed by atoms with E-state index in [-0.39, 0.29) is 30.2 Å². The molecule has 1 aliphatic rings. The lowest BCUT2D eigenvalue weighted by Crippen LogP contribution is -2.40. The molecular weight excluding hydrogens is 304 g/mol. The molecule has 1 aliphatic carbocycles. The standard InChI is InChI=1S/C15H20N2O4S/c18-13(7-8-16-14(19)12-2-1-9-22-12)17-11-5-3-10(4-6-11)15(20)21/h1-2,9-11H,3-8H2,(H,16,19)(H,17,18)(H,20,21). The molecule has 0 saturated heterocycles. The highest BCUT2D eigenvalue weighted by molar-refractivity contribution is 7.12. The topological polar surface area (TPSA) is 95.5 Å². The van der Waals surface area contributed by atoms with Crippen molar-refractivity contribution in [2.24, 2.45) is 5.92 Å². The Morgan fingerprint density at radius 2 is 1.95 bits per heavy atom. The Hall–Kier alpha value is -1.89. The number of rotatable bonds is 6. The average Bonchev–Trinajstić information content (AvgIpc) is 3.02. The molecule has 0 atom stereocenters. The van der Waals surface area contributed by atoms with Crippen LogP contribution in [-0.2, 0) is 9.59 Å². The molecule has 0 aromatic carbocycles. The summed E-state index contributed by atoms with van der Waals surface area (Å²) < 4.78 is 0. The van der Waals surface area contributed by atoms with Crippen molar-refractivity contribution in [1.29, 1.82) is 0 Å². The van der Waals surface area contributed by atoms with E-state index in [2.05, 4.69) is 10.6 Å².